The largest absolute Gasteiger partial charge is 0.308 e. The molecule has 242 valence electrons. The first-order valence-corrected chi connectivity index (χ1v) is 17.8. The van der Waals surface area contributed by atoms with E-state index in [1.54, 1.807) is 11.3 Å². The van der Waals surface area contributed by atoms with E-state index in [9.17, 15) is 21.0 Å². The highest BCUT2D eigenvalue weighted by Gasteiger charge is 2.28. The van der Waals surface area contributed by atoms with Gasteiger partial charge in [0.05, 0.1) is 61.8 Å². The number of nitrogens with zero attached hydrogens (tertiary/aromatic N) is 6. The van der Waals surface area contributed by atoms with Crippen molar-refractivity contribution in [3.05, 3.63) is 156 Å². The van der Waals surface area contributed by atoms with Gasteiger partial charge in [0, 0.05) is 52.8 Å². The van der Waals surface area contributed by atoms with Crippen molar-refractivity contribution in [3.8, 4) is 46.8 Å². The molecule has 10 aromatic rings. The molecule has 0 aliphatic heterocycles. The summed E-state index contributed by atoms with van der Waals surface area (Å²) in [7, 11) is 0. The summed E-state index contributed by atoms with van der Waals surface area (Å²) < 4.78 is 6.50. The van der Waals surface area contributed by atoms with Crippen LogP contribution in [0.1, 0.15) is 22.3 Å². The molecule has 0 amide bonds. The van der Waals surface area contributed by atoms with Gasteiger partial charge in [-0.3, -0.25) is 0 Å². The summed E-state index contributed by atoms with van der Waals surface area (Å²) in [5, 5.41) is 49.4. The average molecular weight is 691 g/mol. The molecule has 0 unspecified atom stereocenters. The molecule has 0 fully saturated rings. The maximum Gasteiger partial charge on any atom is 0.103 e. The quantitative estimate of drug-likeness (QED) is 0.184. The van der Waals surface area contributed by atoms with Crippen LogP contribution in [0.15, 0.2) is 133 Å². The molecule has 10 rings (SSSR count). The normalized spacial score (nSPS) is 11.3. The zero-order valence-corrected chi connectivity index (χ0v) is 28.6. The van der Waals surface area contributed by atoms with Crippen molar-refractivity contribution in [2.45, 2.75) is 0 Å². The van der Waals surface area contributed by atoms with E-state index in [4.69, 9.17) is 0 Å². The third-order valence-electron chi connectivity index (χ3n) is 10.3. The number of aromatic nitrogens is 2. The molecular weight excluding hydrogens is 669 g/mol. The van der Waals surface area contributed by atoms with Crippen molar-refractivity contribution in [1.82, 2.24) is 9.13 Å². The third kappa shape index (κ3) is 4.09. The Morgan fingerprint density at radius 3 is 1.70 bits per heavy atom. The van der Waals surface area contributed by atoms with Crippen LogP contribution in [-0.2, 0) is 0 Å². The number of hydrogen-bond donors (Lipinski definition) is 0. The van der Waals surface area contributed by atoms with Crippen molar-refractivity contribution in [1.29, 1.82) is 21.0 Å². The monoisotopic (exact) mass is 690 g/mol. The highest BCUT2D eigenvalue weighted by atomic mass is 32.1. The van der Waals surface area contributed by atoms with Crippen molar-refractivity contribution < 1.29 is 0 Å². The number of rotatable bonds is 3. The Kier molecular flexibility index (Phi) is 6.50. The number of para-hydroxylation sites is 3. The minimum absolute atomic E-state index is 0.0914. The molecule has 3 aromatic heterocycles. The van der Waals surface area contributed by atoms with E-state index in [0.717, 1.165) is 43.6 Å². The Morgan fingerprint density at radius 2 is 1.04 bits per heavy atom. The Morgan fingerprint density at radius 1 is 0.434 bits per heavy atom. The van der Waals surface area contributed by atoms with E-state index < -0.39 is 0 Å². The van der Waals surface area contributed by atoms with Crippen LogP contribution in [0.4, 0.5) is 0 Å². The van der Waals surface area contributed by atoms with Gasteiger partial charge in [0.2, 0.25) is 0 Å². The molecule has 0 atom stereocenters. The highest BCUT2D eigenvalue weighted by Crippen LogP contribution is 2.46. The van der Waals surface area contributed by atoms with E-state index in [1.807, 2.05) is 83.4 Å². The average Bonchev–Trinajstić information content (AvgIpc) is 3.87. The fraction of sp³-hybridized carbons (Fsp3) is 0. The summed E-state index contributed by atoms with van der Waals surface area (Å²) >= 11 is 1.77. The summed E-state index contributed by atoms with van der Waals surface area (Å²) in [5.74, 6) is 0. The van der Waals surface area contributed by atoms with Crippen LogP contribution >= 0.6 is 11.3 Å². The lowest BCUT2D eigenvalue weighted by Gasteiger charge is -2.20. The van der Waals surface area contributed by atoms with Gasteiger partial charge in [0.15, 0.2) is 0 Å². The molecule has 0 aliphatic carbocycles. The van der Waals surface area contributed by atoms with E-state index in [0.29, 0.717) is 28.1 Å². The van der Waals surface area contributed by atoms with E-state index in [2.05, 4.69) is 77.4 Å². The van der Waals surface area contributed by atoms with E-state index in [1.165, 1.54) is 26.2 Å². The van der Waals surface area contributed by atoms with Gasteiger partial charge in [-0.1, -0.05) is 84.9 Å². The molecule has 0 saturated heterocycles. The van der Waals surface area contributed by atoms with Gasteiger partial charge in [-0.2, -0.15) is 21.0 Å². The lowest BCUT2D eigenvalue weighted by atomic mass is 9.89. The van der Waals surface area contributed by atoms with Crippen molar-refractivity contribution in [2.24, 2.45) is 0 Å². The second-order valence-corrected chi connectivity index (χ2v) is 14.0. The van der Waals surface area contributed by atoms with Crippen LogP contribution in [0, 0.1) is 45.3 Å². The van der Waals surface area contributed by atoms with Crippen molar-refractivity contribution >= 4 is 75.1 Å². The Hall–Kier alpha value is -7.68. The number of thiophene rings is 1. The van der Waals surface area contributed by atoms with Crippen molar-refractivity contribution in [2.75, 3.05) is 0 Å². The van der Waals surface area contributed by atoms with Crippen LogP contribution in [-0.4, -0.2) is 9.13 Å². The fourth-order valence-corrected chi connectivity index (χ4v) is 9.32. The molecule has 0 bridgehead atoms. The first-order valence-electron chi connectivity index (χ1n) is 16.9. The van der Waals surface area contributed by atoms with Crippen LogP contribution in [0.5, 0.6) is 0 Å². The van der Waals surface area contributed by atoms with Crippen LogP contribution in [0.25, 0.3) is 86.3 Å². The molecule has 0 saturated carbocycles. The van der Waals surface area contributed by atoms with Gasteiger partial charge in [-0.25, -0.2) is 0 Å². The third-order valence-corrected chi connectivity index (χ3v) is 11.4. The maximum atomic E-state index is 11.2. The van der Waals surface area contributed by atoms with Gasteiger partial charge in [0.1, 0.15) is 18.2 Å². The fourth-order valence-electron chi connectivity index (χ4n) is 8.20. The Balaban J connectivity index is 1.36. The molecule has 3 heterocycles. The minimum atomic E-state index is 0.0914. The van der Waals surface area contributed by atoms with E-state index in [-0.39, 0.29) is 16.7 Å². The second-order valence-electron chi connectivity index (χ2n) is 12.9. The Labute approximate surface area is 306 Å². The second kappa shape index (κ2) is 11.4. The van der Waals surface area contributed by atoms with Gasteiger partial charge in [-0.15, -0.1) is 11.3 Å². The molecular formula is C46H22N6S. The van der Waals surface area contributed by atoms with Gasteiger partial charge >= 0.3 is 0 Å². The number of hydrogen-bond acceptors (Lipinski definition) is 5. The molecule has 53 heavy (non-hydrogen) atoms. The lowest BCUT2D eigenvalue weighted by Crippen LogP contribution is -2.07. The zero-order valence-electron chi connectivity index (χ0n) is 27.8. The predicted octanol–water partition coefficient (Wildman–Crippen LogP) is 11.4. The van der Waals surface area contributed by atoms with Gasteiger partial charge in [-0.05, 0) is 48.5 Å². The summed E-state index contributed by atoms with van der Waals surface area (Å²) in [6.45, 7) is 0. The SMILES string of the molecule is N#Cc1cc(C#N)c(-c2cccc(-n3c4ccccc4c4c5c(ccc43)sc3ccccc35)c2C#N)c(-n2c3ccccc3c3ccccc32)c1C#N. The Bertz CT molecular complexity index is 3350. The summed E-state index contributed by atoms with van der Waals surface area (Å²) in [6, 6.07) is 53.2. The number of fused-ring (bicyclic) bond motifs is 10. The van der Waals surface area contributed by atoms with Gasteiger partial charge < -0.3 is 9.13 Å². The maximum absolute atomic E-state index is 11.2. The van der Waals surface area contributed by atoms with Gasteiger partial charge in [0.25, 0.3) is 0 Å². The zero-order chi connectivity index (χ0) is 35.8. The molecule has 7 heteroatoms. The molecule has 0 radical (unpaired) electrons. The highest BCUT2D eigenvalue weighted by molar-refractivity contribution is 7.26. The first-order chi connectivity index (χ1) is 26.2. The topological polar surface area (TPSA) is 105 Å². The lowest BCUT2D eigenvalue weighted by molar-refractivity contribution is 1.15. The molecule has 7 aromatic carbocycles. The first kappa shape index (κ1) is 30.2. The van der Waals surface area contributed by atoms with Crippen molar-refractivity contribution in [3.63, 3.8) is 0 Å². The summed E-state index contributed by atoms with van der Waals surface area (Å²) in [5.41, 5.74) is 6.24. The van der Waals surface area contributed by atoms with Crippen LogP contribution in [0.3, 0.4) is 0 Å². The number of nitriles is 4. The van der Waals surface area contributed by atoms with Crippen LogP contribution in [0.2, 0.25) is 0 Å². The summed E-state index contributed by atoms with van der Waals surface area (Å²) in [4.78, 5) is 0. The molecule has 0 N–H and O–H groups in total. The summed E-state index contributed by atoms with van der Waals surface area (Å²) in [6.07, 6.45) is 0. The predicted molar refractivity (Wildman–Crippen MR) is 212 cm³/mol. The standard InChI is InChI=1S/C46H22N6S/c47-23-27-22-28(24-48)43(46(34(27)25-49)52-36-15-5-1-10-29(36)30-11-2-6-16-37(30)52)31-14-9-18-39(35(31)26-50)51-38-17-7-3-12-32(38)44-40(51)20-21-42-45(44)33-13-4-8-19-41(33)53-42/h1-22H. The molecule has 0 aliphatic rings. The molecule has 0 spiro atoms. The number of benzene rings is 7. The molecule has 6 nitrogen and oxygen atoms in total. The van der Waals surface area contributed by atoms with Crippen LogP contribution < -0.4 is 0 Å². The van der Waals surface area contributed by atoms with E-state index >= 15 is 0 Å². The minimum Gasteiger partial charge on any atom is -0.308 e. The smallest absolute Gasteiger partial charge is 0.103 e.